The Morgan fingerprint density at radius 1 is 1.26 bits per heavy atom. The Morgan fingerprint density at radius 3 is 2.81 bits per heavy atom. The number of carbonyl (C=O) groups is 2. The molecule has 1 atom stereocenters. The van der Waals surface area contributed by atoms with Crippen LogP contribution < -0.4 is 14.8 Å². The molecule has 3 rings (SSSR count). The minimum atomic E-state index is -0.195. The number of nitrogens with one attached hydrogen (secondary N) is 1. The van der Waals surface area contributed by atoms with E-state index >= 15 is 0 Å². The molecule has 0 saturated carbocycles. The van der Waals surface area contributed by atoms with Crippen molar-refractivity contribution in [1.82, 2.24) is 10.2 Å². The van der Waals surface area contributed by atoms with Crippen LogP contribution in [0.15, 0.2) is 35.7 Å². The molecule has 6 nitrogen and oxygen atoms in total. The Bertz CT molecular complexity index is 791. The van der Waals surface area contributed by atoms with Gasteiger partial charge in [0.2, 0.25) is 5.91 Å². The van der Waals surface area contributed by atoms with E-state index in [0.717, 1.165) is 23.3 Å². The van der Waals surface area contributed by atoms with Crippen LogP contribution in [0, 0.1) is 5.92 Å². The second-order valence-corrected chi connectivity index (χ2v) is 7.41. The zero-order valence-corrected chi connectivity index (χ0v) is 16.4. The van der Waals surface area contributed by atoms with Crippen LogP contribution in [0.25, 0.3) is 0 Å². The molecule has 1 aromatic carbocycles. The molecule has 1 N–H and O–H groups in total. The Morgan fingerprint density at radius 2 is 2.11 bits per heavy atom. The van der Waals surface area contributed by atoms with E-state index in [1.165, 1.54) is 11.3 Å². The molecule has 27 heavy (non-hydrogen) atoms. The van der Waals surface area contributed by atoms with Crippen LogP contribution in [0.5, 0.6) is 11.5 Å². The van der Waals surface area contributed by atoms with Gasteiger partial charge in [-0.05, 0) is 42.5 Å². The maximum absolute atomic E-state index is 12.7. The van der Waals surface area contributed by atoms with Crippen molar-refractivity contribution in [3.8, 4) is 11.5 Å². The van der Waals surface area contributed by atoms with Crippen LogP contribution in [-0.2, 0) is 11.3 Å². The first-order valence-electron chi connectivity index (χ1n) is 8.93. The summed E-state index contributed by atoms with van der Waals surface area (Å²) in [5, 5.41) is 4.87. The van der Waals surface area contributed by atoms with Gasteiger partial charge in [0.25, 0.3) is 5.91 Å². The van der Waals surface area contributed by atoms with Crippen LogP contribution in [0.2, 0.25) is 0 Å². The predicted octanol–water partition coefficient (Wildman–Crippen LogP) is 2.93. The summed E-state index contributed by atoms with van der Waals surface area (Å²) >= 11 is 1.43. The van der Waals surface area contributed by atoms with Crippen LogP contribution in [0.3, 0.4) is 0 Å². The fraction of sp³-hybridized carbons (Fsp3) is 0.400. The van der Waals surface area contributed by atoms with Crippen molar-refractivity contribution in [2.45, 2.75) is 19.4 Å². The normalized spacial score (nSPS) is 16.7. The van der Waals surface area contributed by atoms with Crippen LogP contribution in [0.4, 0.5) is 0 Å². The molecule has 1 aromatic heterocycles. The molecule has 2 amide bonds. The SMILES string of the molecule is COc1ccc(OC)c(CNC(=O)[C@H]2CCCN(C(=O)c3cccs3)C2)c1. The van der Waals surface area contributed by atoms with Gasteiger partial charge >= 0.3 is 0 Å². The van der Waals surface area contributed by atoms with Crippen molar-refractivity contribution in [3.63, 3.8) is 0 Å². The standard InChI is InChI=1S/C20H24N2O4S/c1-25-16-7-8-17(26-2)15(11-16)12-21-19(23)14-5-3-9-22(13-14)20(24)18-6-4-10-27-18/h4,6-8,10-11,14H,3,5,9,12-13H2,1-2H3,(H,21,23)/t14-/m0/s1. The second-order valence-electron chi connectivity index (χ2n) is 6.46. The van der Waals surface area contributed by atoms with Crippen molar-refractivity contribution >= 4 is 23.2 Å². The lowest BCUT2D eigenvalue weighted by atomic mass is 9.97. The first-order valence-corrected chi connectivity index (χ1v) is 9.81. The summed E-state index contributed by atoms with van der Waals surface area (Å²) in [6, 6.07) is 9.19. The zero-order chi connectivity index (χ0) is 19.2. The number of carbonyl (C=O) groups excluding carboxylic acids is 2. The molecule has 0 unspecified atom stereocenters. The molecule has 0 spiro atoms. The Labute approximate surface area is 163 Å². The maximum atomic E-state index is 12.7. The smallest absolute Gasteiger partial charge is 0.263 e. The molecule has 7 heteroatoms. The largest absolute Gasteiger partial charge is 0.497 e. The molecule has 1 aliphatic rings. The summed E-state index contributed by atoms with van der Waals surface area (Å²) in [5.74, 6) is 1.19. The number of hydrogen-bond acceptors (Lipinski definition) is 5. The quantitative estimate of drug-likeness (QED) is 0.826. The van der Waals surface area contributed by atoms with Gasteiger partial charge < -0.3 is 19.7 Å². The van der Waals surface area contributed by atoms with Gasteiger partial charge in [-0.2, -0.15) is 0 Å². The molecular formula is C20H24N2O4S. The molecule has 0 radical (unpaired) electrons. The third kappa shape index (κ3) is 4.60. The van der Waals surface area contributed by atoms with Gasteiger partial charge in [-0.1, -0.05) is 6.07 Å². The molecule has 1 saturated heterocycles. The highest BCUT2D eigenvalue weighted by Gasteiger charge is 2.29. The number of hydrogen-bond donors (Lipinski definition) is 1. The number of nitrogens with zero attached hydrogens (tertiary/aromatic N) is 1. The van der Waals surface area contributed by atoms with Crippen LogP contribution in [-0.4, -0.2) is 44.0 Å². The first kappa shape index (κ1) is 19.2. The van der Waals surface area contributed by atoms with E-state index in [1.54, 1.807) is 19.1 Å². The molecule has 2 heterocycles. The third-order valence-corrected chi connectivity index (χ3v) is 5.61. The Balaban J connectivity index is 1.60. The van der Waals surface area contributed by atoms with Crippen molar-refractivity contribution in [2.24, 2.45) is 5.92 Å². The van der Waals surface area contributed by atoms with Crippen molar-refractivity contribution < 1.29 is 19.1 Å². The van der Waals surface area contributed by atoms with Crippen LogP contribution in [0.1, 0.15) is 28.1 Å². The molecule has 0 bridgehead atoms. The van der Waals surface area contributed by atoms with Gasteiger partial charge in [-0.25, -0.2) is 0 Å². The number of benzene rings is 1. The minimum absolute atomic E-state index is 0.0111. The highest BCUT2D eigenvalue weighted by Crippen LogP contribution is 2.25. The number of amides is 2. The molecule has 1 fully saturated rings. The first-order chi connectivity index (χ1) is 13.1. The van der Waals surface area contributed by atoms with Gasteiger partial charge in [0.15, 0.2) is 0 Å². The fourth-order valence-corrected chi connectivity index (χ4v) is 3.97. The Hall–Kier alpha value is -2.54. The topological polar surface area (TPSA) is 67.9 Å². The molecule has 1 aliphatic heterocycles. The van der Waals surface area contributed by atoms with E-state index in [4.69, 9.17) is 9.47 Å². The summed E-state index contributed by atoms with van der Waals surface area (Å²) < 4.78 is 10.6. The highest BCUT2D eigenvalue weighted by atomic mass is 32.1. The van der Waals surface area contributed by atoms with Gasteiger partial charge in [-0.3, -0.25) is 9.59 Å². The third-order valence-electron chi connectivity index (χ3n) is 4.75. The van der Waals surface area contributed by atoms with E-state index in [9.17, 15) is 9.59 Å². The van der Waals surface area contributed by atoms with E-state index < -0.39 is 0 Å². The second kappa shape index (κ2) is 8.90. The number of likely N-dealkylation sites (tertiary alicyclic amines) is 1. The lowest BCUT2D eigenvalue weighted by Gasteiger charge is -2.31. The summed E-state index contributed by atoms with van der Waals surface area (Å²) in [7, 11) is 3.20. The number of piperidine rings is 1. The molecule has 144 valence electrons. The van der Waals surface area contributed by atoms with E-state index in [2.05, 4.69) is 5.32 Å². The fourth-order valence-electron chi connectivity index (χ4n) is 3.28. The monoisotopic (exact) mass is 388 g/mol. The number of methoxy groups -OCH3 is 2. The highest BCUT2D eigenvalue weighted by molar-refractivity contribution is 7.12. The van der Waals surface area contributed by atoms with E-state index in [0.29, 0.717) is 31.1 Å². The molecule has 2 aromatic rings. The Kier molecular flexibility index (Phi) is 6.34. The summed E-state index contributed by atoms with van der Waals surface area (Å²) in [4.78, 5) is 27.7. The van der Waals surface area contributed by atoms with Crippen LogP contribution >= 0.6 is 11.3 Å². The summed E-state index contributed by atoms with van der Waals surface area (Å²) in [5.41, 5.74) is 0.854. The van der Waals surface area contributed by atoms with Gasteiger partial charge in [0.05, 0.1) is 25.0 Å². The van der Waals surface area contributed by atoms with Crippen molar-refractivity contribution in [1.29, 1.82) is 0 Å². The number of ether oxygens (including phenoxy) is 2. The van der Waals surface area contributed by atoms with Gasteiger partial charge in [0.1, 0.15) is 11.5 Å². The van der Waals surface area contributed by atoms with Gasteiger partial charge in [-0.15, -0.1) is 11.3 Å². The van der Waals surface area contributed by atoms with E-state index in [-0.39, 0.29) is 17.7 Å². The average molecular weight is 388 g/mol. The number of rotatable bonds is 6. The van der Waals surface area contributed by atoms with Gasteiger partial charge in [0, 0.05) is 25.2 Å². The van der Waals surface area contributed by atoms with Crippen molar-refractivity contribution in [3.05, 3.63) is 46.2 Å². The zero-order valence-electron chi connectivity index (χ0n) is 15.6. The lowest BCUT2D eigenvalue weighted by molar-refractivity contribution is -0.126. The summed E-state index contributed by atoms with van der Waals surface area (Å²) in [6.07, 6.45) is 1.62. The van der Waals surface area contributed by atoms with Crippen molar-refractivity contribution in [2.75, 3.05) is 27.3 Å². The number of thiophene rings is 1. The maximum Gasteiger partial charge on any atom is 0.263 e. The summed E-state index contributed by atoms with van der Waals surface area (Å²) in [6.45, 7) is 1.51. The molecular weight excluding hydrogens is 364 g/mol. The predicted molar refractivity (Wildman–Crippen MR) is 104 cm³/mol. The minimum Gasteiger partial charge on any atom is -0.497 e. The van der Waals surface area contributed by atoms with E-state index in [1.807, 2.05) is 35.7 Å². The lowest BCUT2D eigenvalue weighted by Crippen LogP contribution is -2.45. The average Bonchev–Trinajstić information content (AvgIpc) is 3.26. The molecule has 0 aliphatic carbocycles.